The van der Waals surface area contributed by atoms with Crippen LogP contribution in [0, 0.1) is 11.8 Å². The Morgan fingerprint density at radius 1 is 0.964 bits per heavy atom. The average Bonchev–Trinajstić information content (AvgIpc) is 3.06. The molecule has 0 aromatic heterocycles. The summed E-state index contributed by atoms with van der Waals surface area (Å²) in [4.78, 5) is 13.3. The van der Waals surface area contributed by atoms with E-state index in [0.29, 0.717) is 11.7 Å². The van der Waals surface area contributed by atoms with Crippen molar-refractivity contribution in [3.05, 3.63) is 59.2 Å². The quantitative estimate of drug-likeness (QED) is 0.732. The summed E-state index contributed by atoms with van der Waals surface area (Å²) in [6.45, 7) is 3.30. The number of carbonyl (C=O) groups is 1. The summed E-state index contributed by atoms with van der Waals surface area (Å²) in [6.07, 6.45) is 2.97. The Kier molecular flexibility index (Phi) is 5.15. The summed E-state index contributed by atoms with van der Waals surface area (Å²) < 4.78 is 12.1. The van der Waals surface area contributed by atoms with Crippen LogP contribution in [0.25, 0.3) is 0 Å². The highest BCUT2D eigenvalue weighted by molar-refractivity contribution is 6.05. The normalized spacial score (nSPS) is 26.8. The van der Waals surface area contributed by atoms with E-state index in [9.17, 15) is 4.79 Å². The number of ether oxygens (including phenoxy) is 2. The molecule has 2 aromatic carbocycles. The third-order valence-electron chi connectivity index (χ3n) is 6.73. The lowest BCUT2D eigenvalue weighted by Gasteiger charge is -2.42. The van der Waals surface area contributed by atoms with Gasteiger partial charge in [0.1, 0.15) is 18.0 Å². The number of rotatable bonds is 5. The van der Waals surface area contributed by atoms with Gasteiger partial charge in [-0.15, -0.1) is 0 Å². The molecule has 4 rings (SSSR count). The summed E-state index contributed by atoms with van der Waals surface area (Å²) >= 11 is 0. The van der Waals surface area contributed by atoms with Crippen molar-refractivity contribution in [2.45, 2.75) is 25.8 Å². The van der Waals surface area contributed by atoms with Crippen molar-refractivity contribution in [3.8, 4) is 11.5 Å². The zero-order valence-corrected chi connectivity index (χ0v) is 17.1. The highest BCUT2D eigenvalue weighted by atomic mass is 16.5. The van der Waals surface area contributed by atoms with Gasteiger partial charge >= 0.3 is 0 Å². The number of benzene rings is 2. The van der Waals surface area contributed by atoms with Gasteiger partial charge < -0.3 is 14.0 Å². The van der Waals surface area contributed by atoms with Gasteiger partial charge in [-0.05, 0) is 24.5 Å². The van der Waals surface area contributed by atoms with Crippen LogP contribution in [-0.4, -0.2) is 44.6 Å². The molecule has 1 aliphatic heterocycles. The fourth-order valence-electron chi connectivity index (χ4n) is 5.12. The molecule has 0 bridgehead atoms. The molecule has 2 aromatic rings. The highest BCUT2D eigenvalue weighted by Gasteiger charge is 2.43. The summed E-state index contributed by atoms with van der Waals surface area (Å²) in [6, 6.07) is 14.5. The van der Waals surface area contributed by atoms with Crippen molar-refractivity contribution >= 4 is 5.78 Å². The Morgan fingerprint density at radius 2 is 1.61 bits per heavy atom. The minimum atomic E-state index is 0.0608. The van der Waals surface area contributed by atoms with E-state index in [4.69, 9.17) is 9.47 Å². The summed E-state index contributed by atoms with van der Waals surface area (Å²) in [5.74, 6) is 2.24. The van der Waals surface area contributed by atoms with E-state index < -0.39 is 0 Å². The van der Waals surface area contributed by atoms with E-state index in [1.54, 1.807) is 14.2 Å². The second kappa shape index (κ2) is 7.59. The van der Waals surface area contributed by atoms with Crippen LogP contribution in [0.5, 0.6) is 11.5 Å². The van der Waals surface area contributed by atoms with Crippen LogP contribution in [0.1, 0.15) is 34.3 Å². The Labute approximate surface area is 167 Å². The first-order chi connectivity index (χ1) is 13.5. The van der Waals surface area contributed by atoms with Gasteiger partial charge in [-0.25, -0.2) is 0 Å². The molecule has 0 saturated carbocycles. The fourth-order valence-corrected chi connectivity index (χ4v) is 5.12. The van der Waals surface area contributed by atoms with Gasteiger partial charge in [-0.2, -0.15) is 0 Å². The Morgan fingerprint density at radius 3 is 2.25 bits per heavy atom. The topological polar surface area (TPSA) is 35.5 Å². The first kappa shape index (κ1) is 19.0. The first-order valence-electron chi connectivity index (χ1n) is 10.2. The Hall–Kier alpha value is -2.33. The standard InChI is InChI=1S/C24H30NO3/c1-25(16-17-7-5-4-6-8-17)13-11-18(12-14-25)19-15-20-21(27-2)9-10-22(28-3)23(20)24(19)26/h4-10,18-19H,11-16H2,1-3H3/q+1. The maximum atomic E-state index is 13.3. The zero-order valence-electron chi connectivity index (χ0n) is 17.1. The van der Waals surface area contributed by atoms with E-state index in [1.165, 1.54) is 5.56 Å². The maximum Gasteiger partial charge on any atom is 0.170 e. The number of piperidine rings is 1. The smallest absolute Gasteiger partial charge is 0.170 e. The molecule has 0 N–H and O–H groups in total. The van der Waals surface area contributed by atoms with Crippen LogP contribution in [-0.2, 0) is 13.0 Å². The molecule has 1 atom stereocenters. The lowest BCUT2D eigenvalue weighted by Crippen LogP contribution is -2.50. The maximum absolute atomic E-state index is 13.3. The number of fused-ring (bicyclic) bond motifs is 1. The van der Waals surface area contributed by atoms with E-state index in [2.05, 4.69) is 37.4 Å². The van der Waals surface area contributed by atoms with Gasteiger partial charge in [0.15, 0.2) is 5.78 Å². The van der Waals surface area contributed by atoms with E-state index in [-0.39, 0.29) is 11.7 Å². The average molecular weight is 381 g/mol. The van der Waals surface area contributed by atoms with Crippen LogP contribution >= 0.6 is 0 Å². The van der Waals surface area contributed by atoms with E-state index in [0.717, 1.165) is 60.3 Å². The van der Waals surface area contributed by atoms with Crippen molar-refractivity contribution in [1.82, 2.24) is 0 Å². The molecule has 0 radical (unpaired) electrons. The molecule has 2 aliphatic rings. The number of carbonyl (C=O) groups excluding carboxylic acids is 1. The molecule has 28 heavy (non-hydrogen) atoms. The molecule has 1 saturated heterocycles. The van der Waals surface area contributed by atoms with Crippen LogP contribution in [0.15, 0.2) is 42.5 Å². The third-order valence-corrected chi connectivity index (χ3v) is 6.73. The van der Waals surface area contributed by atoms with E-state index >= 15 is 0 Å². The lowest BCUT2D eigenvalue weighted by molar-refractivity contribution is -0.928. The Bertz CT molecular complexity index is 854. The van der Waals surface area contributed by atoms with Gasteiger partial charge in [0, 0.05) is 29.9 Å². The number of Topliss-reactive ketones (excluding diaryl/α,β-unsaturated/α-hetero) is 1. The number of nitrogens with zero attached hydrogens (tertiary/aromatic N) is 1. The van der Waals surface area contributed by atoms with Crippen LogP contribution in [0.2, 0.25) is 0 Å². The molecule has 1 unspecified atom stereocenters. The highest BCUT2D eigenvalue weighted by Crippen LogP contribution is 2.44. The third kappa shape index (κ3) is 3.42. The summed E-state index contributed by atoms with van der Waals surface area (Å²) in [5, 5.41) is 0. The van der Waals surface area contributed by atoms with Gasteiger partial charge in [0.05, 0.1) is 39.9 Å². The molecule has 4 heteroatoms. The number of methoxy groups -OCH3 is 2. The molecule has 1 heterocycles. The van der Waals surface area contributed by atoms with Crippen LogP contribution < -0.4 is 9.47 Å². The molecule has 4 nitrogen and oxygen atoms in total. The minimum absolute atomic E-state index is 0.0608. The second-order valence-electron chi connectivity index (χ2n) is 8.55. The summed E-state index contributed by atoms with van der Waals surface area (Å²) in [5.41, 5.74) is 3.17. The molecular weight excluding hydrogens is 350 g/mol. The van der Waals surface area contributed by atoms with Gasteiger partial charge in [0.2, 0.25) is 0 Å². The van der Waals surface area contributed by atoms with Crippen molar-refractivity contribution in [2.24, 2.45) is 11.8 Å². The largest absolute Gasteiger partial charge is 0.496 e. The summed E-state index contributed by atoms with van der Waals surface area (Å²) in [7, 11) is 5.66. The number of hydrogen-bond donors (Lipinski definition) is 0. The molecule has 0 spiro atoms. The van der Waals surface area contributed by atoms with Crippen LogP contribution in [0.3, 0.4) is 0 Å². The fraction of sp³-hybridized carbons (Fsp3) is 0.458. The lowest BCUT2D eigenvalue weighted by atomic mass is 9.81. The van der Waals surface area contributed by atoms with Crippen molar-refractivity contribution < 1.29 is 18.8 Å². The van der Waals surface area contributed by atoms with E-state index in [1.807, 2.05) is 12.1 Å². The van der Waals surface area contributed by atoms with Gasteiger partial charge in [-0.3, -0.25) is 4.79 Å². The number of quaternary nitrogens is 1. The van der Waals surface area contributed by atoms with Crippen molar-refractivity contribution in [3.63, 3.8) is 0 Å². The van der Waals surface area contributed by atoms with Crippen LogP contribution in [0.4, 0.5) is 0 Å². The predicted octanol–water partition coefficient (Wildman–Crippen LogP) is 4.12. The number of likely N-dealkylation sites (tertiary alicyclic amines) is 1. The second-order valence-corrected chi connectivity index (χ2v) is 8.55. The molecule has 148 valence electrons. The number of ketones is 1. The molecular formula is C24H30NO3+. The number of hydrogen-bond acceptors (Lipinski definition) is 3. The van der Waals surface area contributed by atoms with Crippen molar-refractivity contribution in [2.75, 3.05) is 34.4 Å². The van der Waals surface area contributed by atoms with Gasteiger partial charge in [0.25, 0.3) is 0 Å². The SMILES string of the molecule is COc1ccc(OC)c2c1CC(C1CC[N+](C)(Cc3ccccc3)CC1)C2=O. The monoisotopic (exact) mass is 380 g/mol. The van der Waals surface area contributed by atoms with Crippen molar-refractivity contribution in [1.29, 1.82) is 0 Å². The Balaban J connectivity index is 1.48. The zero-order chi connectivity index (χ0) is 19.7. The molecule has 1 fully saturated rings. The minimum Gasteiger partial charge on any atom is -0.496 e. The van der Waals surface area contributed by atoms with Gasteiger partial charge in [-0.1, -0.05) is 30.3 Å². The molecule has 1 aliphatic carbocycles. The first-order valence-corrected chi connectivity index (χ1v) is 10.2. The molecule has 0 amide bonds. The predicted molar refractivity (Wildman–Crippen MR) is 110 cm³/mol.